The number of nitrogens with one attached hydrogen (secondary N) is 1. The van der Waals surface area contributed by atoms with Gasteiger partial charge in [0.1, 0.15) is 0 Å². The van der Waals surface area contributed by atoms with Gasteiger partial charge in [-0.05, 0) is 61.7 Å². The second kappa shape index (κ2) is 4.80. The second-order valence-electron chi connectivity index (χ2n) is 4.39. The van der Waals surface area contributed by atoms with Gasteiger partial charge in [-0.1, -0.05) is 23.7 Å². The first-order valence-corrected chi connectivity index (χ1v) is 6.04. The number of hydrogen-bond acceptors (Lipinski definition) is 1. The number of rotatable bonds is 2. The highest BCUT2D eigenvalue weighted by atomic mass is 35.5. The standard InChI is InChI=1S/C15H16ClN/c1-10-4-6-13(8-12(10)3)17-14-7-5-11(2)15(16)9-14/h4-9,17H,1-3H3. The van der Waals surface area contributed by atoms with E-state index in [0.717, 1.165) is 22.0 Å². The Morgan fingerprint density at radius 2 is 1.35 bits per heavy atom. The van der Waals surface area contributed by atoms with Gasteiger partial charge in [-0.25, -0.2) is 0 Å². The van der Waals surface area contributed by atoms with Crippen molar-refractivity contribution in [1.29, 1.82) is 0 Å². The van der Waals surface area contributed by atoms with Gasteiger partial charge in [0.25, 0.3) is 0 Å². The minimum absolute atomic E-state index is 0.791. The van der Waals surface area contributed by atoms with Gasteiger partial charge in [0.15, 0.2) is 0 Å². The zero-order valence-electron chi connectivity index (χ0n) is 10.3. The number of anilines is 2. The number of benzene rings is 2. The van der Waals surface area contributed by atoms with Gasteiger partial charge >= 0.3 is 0 Å². The first-order chi connectivity index (χ1) is 8.06. The molecule has 0 saturated heterocycles. The highest BCUT2D eigenvalue weighted by Crippen LogP contribution is 2.24. The Labute approximate surface area is 107 Å². The molecule has 0 atom stereocenters. The molecule has 0 spiro atoms. The molecule has 2 aromatic carbocycles. The third-order valence-electron chi connectivity index (χ3n) is 2.97. The van der Waals surface area contributed by atoms with E-state index in [1.807, 2.05) is 25.1 Å². The Balaban J connectivity index is 2.25. The van der Waals surface area contributed by atoms with Gasteiger partial charge in [0.05, 0.1) is 0 Å². The van der Waals surface area contributed by atoms with Crippen molar-refractivity contribution < 1.29 is 0 Å². The average Bonchev–Trinajstić information content (AvgIpc) is 2.29. The molecule has 0 unspecified atom stereocenters. The van der Waals surface area contributed by atoms with Crippen LogP contribution in [0.5, 0.6) is 0 Å². The molecule has 0 aliphatic rings. The molecule has 0 radical (unpaired) electrons. The summed E-state index contributed by atoms with van der Waals surface area (Å²) in [5.74, 6) is 0. The van der Waals surface area contributed by atoms with E-state index < -0.39 is 0 Å². The summed E-state index contributed by atoms with van der Waals surface area (Å²) in [6.45, 7) is 6.23. The molecule has 0 heterocycles. The molecule has 0 saturated carbocycles. The Morgan fingerprint density at radius 1 is 0.765 bits per heavy atom. The minimum atomic E-state index is 0.791. The number of aryl methyl sites for hydroxylation is 3. The summed E-state index contributed by atoms with van der Waals surface area (Å²) in [4.78, 5) is 0. The highest BCUT2D eigenvalue weighted by molar-refractivity contribution is 6.31. The van der Waals surface area contributed by atoms with Crippen molar-refractivity contribution in [3.63, 3.8) is 0 Å². The van der Waals surface area contributed by atoms with E-state index in [4.69, 9.17) is 11.6 Å². The summed E-state index contributed by atoms with van der Waals surface area (Å²) >= 11 is 6.10. The van der Waals surface area contributed by atoms with Crippen molar-refractivity contribution in [3.8, 4) is 0 Å². The molecule has 1 N–H and O–H groups in total. The van der Waals surface area contributed by atoms with Crippen LogP contribution in [0.4, 0.5) is 11.4 Å². The van der Waals surface area contributed by atoms with Crippen LogP contribution in [-0.2, 0) is 0 Å². The van der Waals surface area contributed by atoms with Gasteiger partial charge in [-0.2, -0.15) is 0 Å². The molecular formula is C15H16ClN. The van der Waals surface area contributed by atoms with Crippen molar-refractivity contribution in [1.82, 2.24) is 0 Å². The molecule has 17 heavy (non-hydrogen) atoms. The molecule has 0 fully saturated rings. The van der Waals surface area contributed by atoms with E-state index in [0.29, 0.717) is 0 Å². The summed E-state index contributed by atoms with van der Waals surface area (Å²) in [5, 5.41) is 4.15. The predicted molar refractivity (Wildman–Crippen MR) is 75.4 cm³/mol. The van der Waals surface area contributed by atoms with Crippen molar-refractivity contribution in [2.45, 2.75) is 20.8 Å². The van der Waals surface area contributed by atoms with Crippen LogP contribution in [-0.4, -0.2) is 0 Å². The first-order valence-electron chi connectivity index (χ1n) is 5.67. The number of halogens is 1. The lowest BCUT2D eigenvalue weighted by atomic mass is 10.1. The maximum absolute atomic E-state index is 6.10. The quantitative estimate of drug-likeness (QED) is 0.784. The Morgan fingerprint density at radius 3 is 1.94 bits per heavy atom. The summed E-state index contributed by atoms with van der Waals surface area (Å²) in [7, 11) is 0. The lowest BCUT2D eigenvalue weighted by molar-refractivity contribution is 1.33. The van der Waals surface area contributed by atoms with Crippen LogP contribution in [0.25, 0.3) is 0 Å². The fourth-order valence-corrected chi connectivity index (χ4v) is 1.84. The van der Waals surface area contributed by atoms with Crippen molar-refractivity contribution in [2.75, 3.05) is 5.32 Å². The summed E-state index contributed by atoms with van der Waals surface area (Å²) < 4.78 is 0. The van der Waals surface area contributed by atoms with E-state index in [2.05, 4.69) is 37.4 Å². The van der Waals surface area contributed by atoms with E-state index in [9.17, 15) is 0 Å². The molecule has 0 amide bonds. The van der Waals surface area contributed by atoms with Crippen LogP contribution < -0.4 is 5.32 Å². The lowest BCUT2D eigenvalue weighted by Gasteiger charge is -2.09. The van der Waals surface area contributed by atoms with Gasteiger partial charge in [0, 0.05) is 16.4 Å². The van der Waals surface area contributed by atoms with Crippen LogP contribution in [0.3, 0.4) is 0 Å². The van der Waals surface area contributed by atoms with Gasteiger partial charge < -0.3 is 5.32 Å². The maximum Gasteiger partial charge on any atom is 0.0455 e. The molecule has 2 heteroatoms. The van der Waals surface area contributed by atoms with Crippen molar-refractivity contribution in [2.24, 2.45) is 0 Å². The van der Waals surface area contributed by atoms with E-state index >= 15 is 0 Å². The predicted octanol–water partition coefficient (Wildman–Crippen LogP) is 5.01. The molecule has 88 valence electrons. The van der Waals surface area contributed by atoms with Crippen LogP contribution in [0.2, 0.25) is 5.02 Å². The second-order valence-corrected chi connectivity index (χ2v) is 4.80. The van der Waals surface area contributed by atoms with E-state index in [1.165, 1.54) is 11.1 Å². The van der Waals surface area contributed by atoms with E-state index in [-0.39, 0.29) is 0 Å². The van der Waals surface area contributed by atoms with Crippen LogP contribution in [0.15, 0.2) is 36.4 Å². The zero-order chi connectivity index (χ0) is 12.4. The average molecular weight is 246 g/mol. The van der Waals surface area contributed by atoms with Gasteiger partial charge in [-0.15, -0.1) is 0 Å². The van der Waals surface area contributed by atoms with Gasteiger partial charge in [-0.3, -0.25) is 0 Å². The Bertz CT molecular complexity index is 497. The fourth-order valence-electron chi connectivity index (χ4n) is 1.66. The molecule has 0 aliphatic carbocycles. The summed E-state index contributed by atoms with van der Waals surface area (Å²) in [6, 6.07) is 12.3. The summed E-state index contributed by atoms with van der Waals surface area (Å²) in [6.07, 6.45) is 0. The normalized spacial score (nSPS) is 10.4. The lowest BCUT2D eigenvalue weighted by Crippen LogP contribution is -1.92. The highest BCUT2D eigenvalue weighted by Gasteiger charge is 2.00. The summed E-state index contributed by atoms with van der Waals surface area (Å²) in [5.41, 5.74) is 5.79. The van der Waals surface area contributed by atoms with Crippen molar-refractivity contribution in [3.05, 3.63) is 58.1 Å². The van der Waals surface area contributed by atoms with Crippen LogP contribution in [0, 0.1) is 20.8 Å². The molecule has 2 rings (SSSR count). The largest absolute Gasteiger partial charge is 0.355 e. The molecule has 0 aliphatic heterocycles. The van der Waals surface area contributed by atoms with Crippen molar-refractivity contribution >= 4 is 23.0 Å². The molecule has 0 aromatic heterocycles. The Kier molecular flexibility index (Phi) is 3.39. The molecular weight excluding hydrogens is 230 g/mol. The molecule has 1 nitrogen and oxygen atoms in total. The SMILES string of the molecule is Cc1ccc(Nc2ccc(C)c(Cl)c2)cc1C. The first kappa shape index (κ1) is 12.0. The Hall–Kier alpha value is -1.47. The topological polar surface area (TPSA) is 12.0 Å². The fraction of sp³-hybridized carbons (Fsp3) is 0.200. The smallest absolute Gasteiger partial charge is 0.0455 e. The minimum Gasteiger partial charge on any atom is -0.355 e. The van der Waals surface area contributed by atoms with E-state index in [1.54, 1.807) is 0 Å². The van der Waals surface area contributed by atoms with Gasteiger partial charge in [0.2, 0.25) is 0 Å². The molecule has 2 aromatic rings. The monoisotopic (exact) mass is 245 g/mol. The van der Waals surface area contributed by atoms with Crippen LogP contribution >= 0.6 is 11.6 Å². The third kappa shape index (κ3) is 2.80. The third-order valence-corrected chi connectivity index (χ3v) is 3.37. The zero-order valence-corrected chi connectivity index (χ0v) is 11.1. The maximum atomic E-state index is 6.10. The van der Waals surface area contributed by atoms with Crippen LogP contribution in [0.1, 0.15) is 16.7 Å². The number of hydrogen-bond donors (Lipinski definition) is 1. The molecule has 0 bridgehead atoms.